The summed E-state index contributed by atoms with van der Waals surface area (Å²) in [4.78, 5) is 4.40. The van der Waals surface area contributed by atoms with Gasteiger partial charge in [-0.2, -0.15) is 0 Å². The minimum Gasteiger partial charge on any atom is -0.382 e. The lowest BCUT2D eigenvalue weighted by Crippen LogP contribution is -2.32. The largest absolute Gasteiger partial charge is 0.382 e. The molecule has 102 valence electrons. The lowest BCUT2D eigenvalue weighted by atomic mass is 10.0. The van der Waals surface area contributed by atoms with Gasteiger partial charge in [0.05, 0.1) is 0 Å². The van der Waals surface area contributed by atoms with E-state index in [0.29, 0.717) is 11.4 Å². The monoisotopic (exact) mass is 355 g/mol. The van der Waals surface area contributed by atoms with E-state index in [0.717, 1.165) is 39.1 Å². The van der Waals surface area contributed by atoms with E-state index in [2.05, 4.69) is 17.2 Å². The molecule has 0 heterocycles. The summed E-state index contributed by atoms with van der Waals surface area (Å²) in [7, 11) is 0. The van der Waals surface area contributed by atoms with Crippen LogP contribution in [-0.2, 0) is 4.74 Å². The number of hydrogen-bond acceptors (Lipinski definition) is 2. The molecule has 0 bridgehead atoms. The number of nitrogens with zero attached hydrogens (tertiary/aromatic N) is 1. The van der Waals surface area contributed by atoms with Gasteiger partial charge < -0.3 is 15.8 Å². The van der Waals surface area contributed by atoms with Crippen molar-refractivity contribution in [3.05, 3.63) is 0 Å². The van der Waals surface area contributed by atoms with Gasteiger partial charge in [0.15, 0.2) is 5.96 Å². The smallest absolute Gasteiger partial charge is 0.188 e. The first-order valence-electron chi connectivity index (χ1n) is 6.34. The van der Waals surface area contributed by atoms with Crippen LogP contribution in [-0.4, -0.2) is 32.3 Å². The highest BCUT2D eigenvalue weighted by Crippen LogP contribution is 2.48. The predicted octanol–water partition coefficient (Wildman–Crippen LogP) is 2.13. The first-order valence-corrected chi connectivity index (χ1v) is 6.34. The lowest BCUT2D eigenvalue weighted by Gasteiger charge is -2.12. The molecule has 0 unspecified atom stereocenters. The number of guanidine groups is 1. The van der Waals surface area contributed by atoms with Crippen LogP contribution in [0.2, 0.25) is 0 Å². The van der Waals surface area contributed by atoms with Crippen molar-refractivity contribution in [2.45, 2.75) is 39.5 Å². The number of nitrogens with two attached hydrogens (primary N) is 1. The van der Waals surface area contributed by atoms with Gasteiger partial charge in [0.1, 0.15) is 0 Å². The normalized spacial score (nSPS) is 17.4. The molecule has 0 aliphatic heterocycles. The highest BCUT2D eigenvalue weighted by molar-refractivity contribution is 14.0. The summed E-state index contributed by atoms with van der Waals surface area (Å²) in [5.41, 5.74) is 6.15. The van der Waals surface area contributed by atoms with Crippen LogP contribution in [0.3, 0.4) is 0 Å². The summed E-state index contributed by atoms with van der Waals surface area (Å²) in [5, 5.41) is 3.10. The Hall–Kier alpha value is -0.0400. The van der Waals surface area contributed by atoms with Crippen molar-refractivity contribution in [1.82, 2.24) is 5.32 Å². The van der Waals surface area contributed by atoms with E-state index < -0.39 is 0 Å². The average Bonchev–Trinajstić information content (AvgIpc) is 3.05. The first-order chi connectivity index (χ1) is 7.72. The molecule has 1 fully saturated rings. The number of hydrogen-bond donors (Lipinski definition) is 2. The molecule has 1 aliphatic carbocycles. The molecule has 5 heteroatoms. The van der Waals surface area contributed by atoms with Crippen molar-refractivity contribution >= 4 is 29.9 Å². The van der Waals surface area contributed by atoms with Crippen LogP contribution in [0.25, 0.3) is 0 Å². The Kier molecular flexibility index (Phi) is 8.94. The minimum atomic E-state index is 0. The summed E-state index contributed by atoms with van der Waals surface area (Å²) in [6, 6.07) is 0. The van der Waals surface area contributed by atoms with E-state index >= 15 is 0 Å². The second-order valence-electron chi connectivity index (χ2n) is 4.58. The third-order valence-corrected chi connectivity index (χ3v) is 3.08. The maximum Gasteiger partial charge on any atom is 0.188 e. The minimum absolute atomic E-state index is 0. The standard InChI is InChI=1S/C12H25N3O.HI/c1-3-8-14-11(13)15-10-12(5-6-12)7-9-16-4-2;/h3-10H2,1-2H3,(H3,13,14,15);1H. The van der Waals surface area contributed by atoms with Gasteiger partial charge in [-0.15, -0.1) is 24.0 Å². The van der Waals surface area contributed by atoms with Crippen molar-refractivity contribution in [1.29, 1.82) is 0 Å². The SMILES string of the molecule is CCCNC(N)=NCC1(CCOCC)CC1.I. The summed E-state index contributed by atoms with van der Waals surface area (Å²) < 4.78 is 5.39. The fourth-order valence-electron chi connectivity index (χ4n) is 1.66. The molecule has 0 aromatic rings. The third kappa shape index (κ3) is 7.08. The summed E-state index contributed by atoms with van der Waals surface area (Å²) >= 11 is 0. The second kappa shape index (κ2) is 8.97. The maximum absolute atomic E-state index is 5.76. The van der Waals surface area contributed by atoms with Crippen LogP contribution < -0.4 is 11.1 Å². The van der Waals surface area contributed by atoms with E-state index in [1.165, 1.54) is 12.8 Å². The Labute approximate surface area is 122 Å². The van der Waals surface area contributed by atoms with E-state index in [1.54, 1.807) is 0 Å². The molecule has 1 saturated carbocycles. The van der Waals surface area contributed by atoms with Gasteiger partial charge >= 0.3 is 0 Å². The van der Waals surface area contributed by atoms with Gasteiger partial charge in [-0.05, 0) is 38.0 Å². The van der Waals surface area contributed by atoms with Crippen molar-refractivity contribution in [3.63, 3.8) is 0 Å². The third-order valence-electron chi connectivity index (χ3n) is 3.08. The van der Waals surface area contributed by atoms with Gasteiger partial charge in [-0.25, -0.2) is 0 Å². The number of halogens is 1. The average molecular weight is 355 g/mol. The van der Waals surface area contributed by atoms with Gasteiger partial charge in [-0.1, -0.05) is 6.92 Å². The van der Waals surface area contributed by atoms with Crippen LogP contribution in [0.5, 0.6) is 0 Å². The highest BCUT2D eigenvalue weighted by Gasteiger charge is 2.41. The summed E-state index contributed by atoms with van der Waals surface area (Å²) in [6.07, 6.45) is 4.73. The summed E-state index contributed by atoms with van der Waals surface area (Å²) in [6.45, 7) is 7.56. The molecular weight excluding hydrogens is 329 g/mol. The Morgan fingerprint density at radius 2 is 2.12 bits per heavy atom. The van der Waals surface area contributed by atoms with E-state index in [9.17, 15) is 0 Å². The fourth-order valence-corrected chi connectivity index (χ4v) is 1.66. The van der Waals surface area contributed by atoms with Crippen LogP contribution in [0.1, 0.15) is 39.5 Å². The van der Waals surface area contributed by atoms with E-state index in [4.69, 9.17) is 10.5 Å². The lowest BCUT2D eigenvalue weighted by molar-refractivity contribution is 0.129. The zero-order valence-corrected chi connectivity index (χ0v) is 13.3. The maximum atomic E-state index is 5.76. The fraction of sp³-hybridized carbons (Fsp3) is 0.917. The van der Waals surface area contributed by atoms with Crippen LogP contribution in [0.15, 0.2) is 4.99 Å². The molecule has 17 heavy (non-hydrogen) atoms. The molecule has 1 aliphatic rings. The second-order valence-corrected chi connectivity index (χ2v) is 4.58. The van der Waals surface area contributed by atoms with E-state index in [1.807, 2.05) is 6.92 Å². The van der Waals surface area contributed by atoms with Crippen molar-refractivity contribution in [2.75, 3.05) is 26.3 Å². The molecule has 1 rings (SSSR count). The molecule has 0 aromatic carbocycles. The Morgan fingerprint density at radius 1 is 1.41 bits per heavy atom. The highest BCUT2D eigenvalue weighted by atomic mass is 127. The molecular formula is C12H26IN3O. The Morgan fingerprint density at radius 3 is 2.65 bits per heavy atom. The van der Waals surface area contributed by atoms with Crippen molar-refractivity contribution < 1.29 is 4.74 Å². The van der Waals surface area contributed by atoms with Crippen LogP contribution in [0.4, 0.5) is 0 Å². The van der Waals surface area contributed by atoms with Gasteiger partial charge in [0.25, 0.3) is 0 Å². The van der Waals surface area contributed by atoms with Gasteiger partial charge in [-0.3, -0.25) is 4.99 Å². The predicted molar refractivity (Wildman–Crippen MR) is 83.0 cm³/mol. The number of rotatable bonds is 8. The Bertz CT molecular complexity index is 230. The molecule has 0 radical (unpaired) electrons. The Balaban J connectivity index is 0.00000256. The molecule has 0 saturated heterocycles. The molecule has 0 amide bonds. The quantitative estimate of drug-likeness (QED) is 0.304. The molecule has 0 spiro atoms. The number of ether oxygens (including phenoxy) is 1. The molecule has 3 N–H and O–H groups in total. The zero-order valence-electron chi connectivity index (χ0n) is 11.0. The first kappa shape index (κ1) is 17.0. The topological polar surface area (TPSA) is 59.6 Å². The number of nitrogens with one attached hydrogen (secondary N) is 1. The summed E-state index contributed by atoms with van der Waals surface area (Å²) in [5.74, 6) is 0.588. The molecule has 0 aromatic heterocycles. The van der Waals surface area contributed by atoms with E-state index in [-0.39, 0.29) is 24.0 Å². The van der Waals surface area contributed by atoms with Crippen molar-refractivity contribution in [2.24, 2.45) is 16.1 Å². The van der Waals surface area contributed by atoms with Gasteiger partial charge in [0.2, 0.25) is 0 Å². The zero-order chi connectivity index (χ0) is 11.9. The van der Waals surface area contributed by atoms with Gasteiger partial charge in [0, 0.05) is 26.3 Å². The van der Waals surface area contributed by atoms with Crippen LogP contribution >= 0.6 is 24.0 Å². The number of aliphatic imine (C=N–C) groups is 1. The molecule has 4 nitrogen and oxygen atoms in total. The van der Waals surface area contributed by atoms with Crippen molar-refractivity contribution in [3.8, 4) is 0 Å². The van der Waals surface area contributed by atoms with Crippen LogP contribution in [0, 0.1) is 5.41 Å². The molecule has 0 atom stereocenters.